The van der Waals surface area contributed by atoms with Crippen LogP contribution in [0.1, 0.15) is 142 Å². The molecule has 0 saturated heterocycles. The van der Waals surface area contributed by atoms with Crippen LogP contribution >= 0.6 is 0 Å². The van der Waals surface area contributed by atoms with Gasteiger partial charge in [-0.05, 0) is 12.8 Å². The van der Waals surface area contributed by atoms with Gasteiger partial charge in [0.1, 0.15) is 18.3 Å². The monoisotopic (exact) mass is 676 g/mol. The van der Waals surface area contributed by atoms with Crippen molar-refractivity contribution >= 4 is 11.9 Å². The Hall–Kier alpha value is -1.42. The van der Waals surface area contributed by atoms with E-state index in [9.17, 15) is 9.59 Å². The van der Waals surface area contributed by atoms with Crippen molar-refractivity contribution in [3.63, 3.8) is 0 Å². The van der Waals surface area contributed by atoms with Crippen LogP contribution in [-0.2, 0) is 9.59 Å². The molecule has 0 heterocycles. The Balaban J connectivity index is -0.000000162. The number of aliphatic hydroxyl groups excluding tert-OH is 9. The van der Waals surface area contributed by atoms with E-state index in [1.54, 1.807) is 0 Å². The quantitative estimate of drug-likeness (QED) is 0.0590. The van der Waals surface area contributed by atoms with E-state index < -0.39 is 30.3 Å². The van der Waals surface area contributed by atoms with Gasteiger partial charge in [-0.1, -0.05) is 117 Å². The average Bonchev–Trinajstić information content (AvgIpc) is 3.06. The van der Waals surface area contributed by atoms with Crippen LogP contribution in [0.5, 0.6) is 0 Å². The SMILES string of the molecule is CCCCCCCCCCCC(=O)O.CCCCCCCCCCCC(=O)O.OCC(O)CO.OCC(O)CO.OCC(O)CO. The van der Waals surface area contributed by atoms with Gasteiger partial charge in [0.15, 0.2) is 0 Å². The molecule has 0 amide bonds. The number of hydrogen-bond acceptors (Lipinski definition) is 11. The summed E-state index contributed by atoms with van der Waals surface area (Å²) in [5, 5.41) is 88.9. The summed E-state index contributed by atoms with van der Waals surface area (Å²) in [6.07, 6.45) is 20.1. The lowest BCUT2D eigenvalue weighted by atomic mass is 10.1. The zero-order chi connectivity index (χ0) is 36.3. The highest BCUT2D eigenvalue weighted by molar-refractivity contribution is 5.66. The maximum Gasteiger partial charge on any atom is 0.303 e. The zero-order valence-corrected chi connectivity index (χ0v) is 28.9. The Labute approximate surface area is 278 Å². The smallest absolute Gasteiger partial charge is 0.303 e. The third-order valence-electron chi connectivity index (χ3n) is 6.25. The van der Waals surface area contributed by atoms with Gasteiger partial charge < -0.3 is 56.2 Å². The van der Waals surface area contributed by atoms with Gasteiger partial charge in [0.25, 0.3) is 0 Å². The first-order valence-electron chi connectivity index (χ1n) is 17.1. The molecule has 11 N–H and O–H groups in total. The molecule has 0 radical (unpaired) electrons. The summed E-state index contributed by atoms with van der Waals surface area (Å²) < 4.78 is 0. The number of rotatable bonds is 26. The Morgan fingerprint density at radius 3 is 0.674 bits per heavy atom. The summed E-state index contributed by atoms with van der Waals surface area (Å²) >= 11 is 0. The highest BCUT2D eigenvalue weighted by Gasteiger charge is 1.98. The fraction of sp³-hybridized carbons (Fsp3) is 0.939. The Kier molecular flexibility index (Phi) is 59.3. The van der Waals surface area contributed by atoms with Crippen LogP contribution in [-0.4, -0.2) is 126 Å². The predicted molar refractivity (Wildman–Crippen MR) is 179 cm³/mol. The van der Waals surface area contributed by atoms with Crippen molar-refractivity contribution in [3.05, 3.63) is 0 Å². The molecule has 282 valence electrons. The third kappa shape index (κ3) is 69.4. The number of carboxylic acids is 2. The molecule has 0 aromatic rings. The van der Waals surface area contributed by atoms with E-state index in [2.05, 4.69) is 13.8 Å². The van der Waals surface area contributed by atoms with Crippen molar-refractivity contribution in [2.75, 3.05) is 39.6 Å². The second-order valence-corrected chi connectivity index (χ2v) is 11.0. The minimum atomic E-state index is -0.954. The fourth-order valence-electron chi connectivity index (χ4n) is 3.35. The third-order valence-corrected chi connectivity index (χ3v) is 6.25. The maximum atomic E-state index is 10.2. The minimum absolute atomic E-state index is 0.343. The van der Waals surface area contributed by atoms with Gasteiger partial charge in [0, 0.05) is 12.8 Å². The van der Waals surface area contributed by atoms with Crippen molar-refractivity contribution in [2.45, 2.75) is 161 Å². The lowest BCUT2D eigenvalue weighted by Crippen LogP contribution is -2.15. The molecule has 13 heteroatoms. The van der Waals surface area contributed by atoms with Crippen LogP contribution < -0.4 is 0 Å². The summed E-state index contributed by atoms with van der Waals surface area (Å²) in [6.45, 7) is 2.27. The van der Waals surface area contributed by atoms with Gasteiger partial charge >= 0.3 is 11.9 Å². The van der Waals surface area contributed by atoms with Crippen LogP contribution in [0, 0.1) is 0 Å². The van der Waals surface area contributed by atoms with Crippen molar-refractivity contribution in [2.24, 2.45) is 0 Å². The highest BCUT2D eigenvalue weighted by atomic mass is 16.4. The molecular weight excluding hydrogens is 604 g/mol. The summed E-state index contributed by atoms with van der Waals surface area (Å²) in [4.78, 5) is 20.4. The van der Waals surface area contributed by atoms with Gasteiger partial charge in [-0.3, -0.25) is 9.59 Å². The molecule has 46 heavy (non-hydrogen) atoms. The number of carboxylic acid groups (broad SMARTS) is 2. The Morgan fingerprint density at radius 2 is 0.543 bits per heavy atom. The van der Waals surface area contributed by atoms with E-state index in [1.807, 2.05) is 0 Å². The van der Waals surface area contributed by atoms with Crippen LogP contribution in [0.15, 0.2) is 0 Å². The predicted octanol–water partition coefficient (Wildman–Crippen LogP) is 2.98. The van der Waals surface area contributed by atoms with Gasteiger partial charge in [-0.25, -0.2) is 0 Å². The molecule has 0 atom stereocenters. The Morgan fingerprint density at radius 1 is 0.370 bits per heavy atom. The lowest BCUT2D eigenvalue weighted by Gasteiger charge is -2.00. The van der Waals surface area contributed by atoms with E-state index in [0.717, 1.165) is 25.7 Å². The van der Waals surface area contributed by atoms with Crippen molar-refractivity contribution in [1.82, 2.24) is 0 Å². The molecule has 0 saturated carbocycles. The summed E-state index contributed by atoms with van der Waals surface area (Å²) in [5.41, 5.74) is 0. The van der Waals surface area contributed by atoms with E-state index in [-0.39, 0.29) is 39.6 Å². The van der Waals surface area contributed by atoms with Gasteiger partial charge in [0.2, 0.25) is 0 Å². The summed E-state index contributed by atoms with van der Waals surface area (Å²) in [6, 6.07) is 0. The van der Waals surface area contributed by atoms with Crippen molar-refractivity contribution in [3.8, 4) is 0 Å². The van der Waals surface area contributed by atoms with Crippen molar-refractivity contribution < 1.29 is 65.8 Å². The molecule has 0 unspecified atom stereocenters. The molecule has 13 nitrogen and oxygen atoms in total. The maximum absolute atomic E-state index is 10.2. The number of unbranched alkanes of at least 4 members (excludes halogenated alkanes) is 16. The van der Waals surface area contributed by atoms with E-state index >= 15 is 0 Å². The van der Waals surface area contributed by atoms with E-state index in [0.29, 0.717) is 12.8 Å². The molecule has 0 aliphatic rings. The first-order valence-corrected chi connectivity index (χ1v) is 17.1. The van der Waals surface area contributed by atoms with Crippen LogP contribution in [0.4, 0.5) is 0 Å². The van der Waals surface area contributed by atoms with Gasteiger partial charge in [-0.15, -0.1) is 0 Å². The minimum Gasteiger partial charge on any atom is -0.481 e. The first kappa shape index (κ1) is 54.0. The number of carbonyl (C=O) groups is 2. The van der Waals surface area contributed by atoms with Gasteiger partial charge in [-0.2, -0.15) is 0 Å². The largest absolute Gasteiger partial charge is 0.481 e. The zero-order valence-electron chi connectivity index (χ0n) is 28.9. The molecule has 0 rings (SSSR count). The molecule has 0 fully saturated rings. The van der Waals surface area contributed by atoms with Crippen LogP contribution in [0.3, 0.4) is 0 Å². The van der Waals surface area contributed by atoms with E-state index in [1.165, 1.54) is 89.9 Å². The average molecular weight is 677 g/mol. The molecule has 0 aliphatic carbocycles. The second kappa shape index (κ2) is 50.4. The van der Waals surface area contributed by atoms with E-state index in [4.69, 9.17) is 56.2 Å². The molecule has 0 aliphatic heterocycles. The lowest BCUT2D eigenvalue weighted by molar-refractivity contribution is -0.138. The first-order chi connectivity index (χ1) is 22.0. The molecule has 0 aromatic heterocycles. The number of hydrogen-bond donors (Lipinski definition) is 11. The molecule has 0 spiro atoms. The summed E-state index contributed by atoms with van der Waals surface area (Å²) in [7, 11) is 0. The molecule has 0 aromatic carbocycles. The summed E-state index contributed by atoms with van der Waals surface area (Å²) in [5.74, 6) is -1.32. The van der Waals surface area contributed by atoms with Crippen LogP contribution in [0.25, 0.3) is 0 Å². The van der Waals surface area contributed by atoms with Crippen LogP contribution in [0.2, 0.25) is 0 Å². The molecule has 0 bridgehead atoms. The second-order valence-electron chi connectivity index (χ2n) is 11.0. The molecular formula is C33H72O13. The fourth-order valence-corrected chi connectivity index (χ4v) is 3.35. The number of aliphatic hydroxyl groups is 9. The number of aliphatic carboxylic acids is 2. The topological polar surface area (TPSA) is 257 Å². The van der Waals surface area contributed by atoms with Gasteiger partial charge in [0.05, 0.1) is 39.6 Å². The Bertz CT molecular complexity index is 486. The highest BCUT2D eigenvalue weighted by Crippen LogP contribution is 2.11. The standard InChI is InChI=1S/2C12H24O2.3C3H8O3/c2*1-2-3-4-5-6-7-8-9-10-11-12(13)14;3*4-1-3(6)2-5/h2*2-11H2,1H3,(H,13,14);3*3-6H,1-2H2. The normalized spacial score (nSPS) is 10.2. The van der Waals surface area contributed by atoms with Crippen molar-refractivity contribution in [1.29, 1.82) is 0 Å².